The summed E-state index contributed by atoms with van der Waals surface area (Å²) >= 11 is 1.56. The minimum absolute atomic E-state index is 0.142. The number of hydrogen-bond acceptors (Lipinski definition) is 4. The highest BCUT2D eigenvalue weighted by molar-refractivity contribution is 7.16. The van der Waals surface area contributed by atoms with Gasteiger partial charge in [0.15, 0.2) is 0 Å². The fraction of sp³-hybridized carbons (Fsp3) is 0. The van der Waals surface area contributed by atoms with Gasteiger partial charge in [-0.3, -0.25) is 9.78 Å². The van der Waals surface area contributed by atoms with Crippen LogP contribution in [0.25, 0.3) is 10.2 Å². The molecule has 2 aromatic heterocycles. The van der Waals surface area contributed by atoms with Crippen LogP contribution in [-0.2, 0) is 0 Å². The van der Waals surface area contributed by atoms with E-state index in [1.54, 1.807) is 53.5 Å². The molecular formula is C13H9N3OS. The third kappa shape index (κ3) is 2.08. The fourth-order valence-electron chi connectivity index (χ4n) is 1.64. The monoisotopic (exact) mass is 255 g/mol. The lowest BCUT2D eigenvalue weighted by Crippen LogP contribution is -2.11. The van der Waals surface area contributed by atoms with E-state index in [1.165, 1.54) is 0 Å². The Morgan fingerprint density at radius 1 is 1.17 bits per heavy atom. The molecule has 1 aromatic carbocycles. The molecule has 18 heavy (non-hydrogen) atoms. The van der Waals surface area contributed by atoms with Crippen molar-refractivity contribution in [3.63, 3.8) is 0 Å². The molecule has 0 atom stereocenters. The Morgan fingerprint density at radius 2 is 2.00 bits per heavy atom. The molecule has 0 radical (unpaired) electrons. The third-order valence-corrected chi connectivity index (χ3v) is 3.34. The van der Waals surface area contributed by atoms with Crippen molar-refractivity contribution in [2.45, 2.75) is 0 Å². The Kier molecular flexibility index (Phi) is 2.74. The molecule has 0 aliphatic rings. The number of benzene rings is 1. The maximum atomic E-state index is 12.0. The van der Waals surface area contributed by atoms with E-state index in [1.807, 2.05) is 6.07 Å². The average molecular weight is 255 g/mol. The number of nitrogens with one attached hydrogen (secondary N) is 1. The topological polar surface area (TPSA) is 54.9 Å². The highest BCUT2D eigenvalue weighted by Crippen LogP contribution is 2.19. The second-order valence-electron chi connectivity index (χ2n) is 3.72. The largest absolute Gasteiger partial charge is 0.322 e. The zero-order valence-corrected chi connectivity index (χ0v) is 10.1. The zero-order chi connectivity index (χ0) is 12.4. The van der Waals surface area contributed by atoms with E-state index in [0.29, 0.717) is 5.56 Å². The molecule has 1 amide bonds. The van der Waals surface area contributed by atoms with Gasteiger partial charge in [-0.2, -0.15) is 0 Å². The first-order valence-electron chi connectivity index (χ1n) is 5.37. The molecule has 0 saturated carbocycles. The average Bonchev–Trinajstić information content (AvgIpc) is 2.87. The molecule has 0 bridgehead atoms. The second-order valence-corrected chi connectivity index (χ2v) is 4.61. The SMILES string of the molecule is O=C(Nc1ccncc1)c1ccc2scnc2c1. The Bertz CT molecular complexity index is 694. The van der Waals surface area contributed by atoms with Crippen molar-refractivity contribution in [1.82, 2.24) is 9.97 Å². The molecule has 3 aromatic rings. The predicted octanol–water partition coefficient (Wildman–Crippen LogP) is 2.94. The summed E-state index contributed by atoms with van der Waals surface area (Å²) in [4.78, 5) is 20.1. The van der Waals surface area contributed by atoms with Gasteiger partial charge >= 0.3 is 0 Å². The van der Waals surface area contributed by atoms with Gasteiger partial charge < -0.3 is 5.32 Å². The summed E-state index contributed by atoms with van der Waals surface area (Å²) in [6, 6.07) is 9.01. The van der Waals surface area contributed by atoms with Crippen LogP contribution in [0.5, 0.6) is 0 Å². The Balaban J connectivity index is 1.87. The summed E-state index contributed by atoms with van der Waals surface area (Å²) in [7, 11) is 0. The van der Waals surface area contributed by atoms with Crippen LogP contribution in [0.4, 0.5) is 5.69 Å². The van der Waals surface area contributed by atoms with Crippen molar-refractivity contribution in [2.75, 3.05) is 5.32 Å². The number of amides is 1. The summed E-state index contributed by atoms with van der Waals surface area (Å²) in [6.07, 6.45) is 3.28. The molecule has 0 saturated heterocycles. The first-order chi connectivity index (χ1) is 8.83. The number of nitrogens with zero attached hydrogens (tertiary/aromatic N) is 2. The number of carbonyl (C=O) groups excluding carboxylic acids is 1. The van der Waals surface area contributed by atoms with Gasteiger partial charge in [-0.15, -0.1) is 11.3 Å². The number of anilines is 1. The molecule has 5 heteroatoms. The quantitative estimate of drug-likeness (QED) is 0.766. The van der Waals surface area contributed by atoms with Crippen LogP contribution in [0, 0.1) is 0 Å². The molecule has 0 aliphatic heterocycles. The smallest absolute Gasteiger partial charge is 0.255 e. The fourth-order valence-corrected chi connectivity index (χ4v) is 2.30. The number of fused-ring (bicyclic) bond motifs is 1. The maximum Gasteiger partial charge on any atom is 0.255 e. The summed E-state index contributed by atoms with van der Waals surface area (Å²) in [6.45, 7) is 0. The summed E-state index contributed by atoms with van der Waals surface area (Å²) in [5.74, 6) is -0.142. The summed E-state index contributed by atoms with van der Waals surface area (Å²) in [5, 5.41) is 2.81. The molecule has 0 fully saturated rings. The van der Waals surface area contributed by atoms with Crippen LogP contribution in [-0.4, -0.2) is 15.9 Å². The van der Waals surface area contributed by atoms with Gasteiger partial charge in [0.25, 0.3) is 5.91 Å². The van der Waals surface area contributed by atoms with Gasteiger partial charge in [0.2, 0.25) is 0 Å². The second kappa shape index (κ2) is 4.54. The van der Waals surface area contributed by atoms with Crippen molar-refractivity contribution >= 4 is 33.1 Å². The Morgan fingerprint density at radius 3 is 2.83 bits per heavy atom. The molecule has 0 unspecified atom stereocenters. The number of rotatable bonds is 2. The van der Waals surface area contributed by atoms with E-state index in [-0.39, 0.29) is 5.91 Å². The lowest BCUT2D eigenvalue weighted by Gasteiger charge is -2.04. The van der Waals surface area contributed by atoms with Crippen LogP contribution < -0.4 is 5.32 Å². The van der Waals surface area contributed by atoms with E-state index >= 15 is 0 Å². The molecule has 88 valence electrons. The van der Waals surface area contributed by atoms with E-state index < -0.39 is 0 Å². The van der Waals surface area contributed by atoms with Crippen LogP contribution in [0.2, 0.25) is 0 Å². The summed E-state index contributed by atoms with van der Waals surface area (Å²) in [5.41, 5.74) is 3.95. The van der Waals surface area contributed by atoms with E-state index in [9.17, 15) is 4.79 Å². The van der Waals surface area contributed by atoms with Crippen molar-refractivity contribution in [1.29, 1.82) is 0 Å². The molecule has 1 N–H and O–H groups in total. The van der Waals surface area contributed by atoms with Gasteiger partial charge in [0.05, 0.1) is 15.7 Å². The van der Waals surface area contributed by atoms with Crippen LogP contribution >= 0.6 is 11.3 Å². The van der Waals surface area contributed by atoms with Crippen LogP contribution in [0.3, 0.4) is 0 Å². The third-order valence-electron chi connectivity index (χ3n) is 2.53. The molecule has 0 spiro atoms. The molecule has 0 aliphatic carbocycles. The molecule has 3 rings (SSSR count). The minimum atomic E-state index is -0.142. The lowest BCUT2D eigenvalue weighted by molar-refractivity contribution is 0.102. The standard InChI is InChI=1S/C13H9N3OS/c17-13(16-10-3-5-14-6-4-10)9-1-2-12-11(7-9)15-8-18-12/h1-8H,(H,14,16,17). The number of hydrogen-bond donors (Lipinski definition) is 1. The van der Waals surface area contributed by atoms with Crippen molar-refractivity contribution in [2.24, 2.45) is 0 Å². The normalized spacial score (nSPS) is 10.4. The van der Waals surface area contributed by atoms with Gasteiger partial charge in [-0.25, -0.2) is 4.98 Å². The van der Waals surface area contributed by atoms with Gasteiger partial charge in [-0.1, -0.05) is 0 Å². The van der Waals surface area contributed by atoms with Crippen LogP contribution in [0.1, 0.15) is 10.4 Å². The first-order valence-corrected chi connectivity index (χ1v) is 6.25. The minimum Gasteiger partial charge on any atom is -0.322 e. The summed E-state index contributed by atoms with van der Waals surface area (Å²) < 4.78 is 1.08. The van der Waals surface area contributed by atoms with Crippen molar-refractivity contribution in [3.05, 3.63) is 53.8 Å². The zero-order valence-electron chi connectivity index (χ0n) is 9.33. The van der Waals surface area contributed by atoms with Crippen LogP contribution in [0.15, 0.2) is 48.2 Å². The van der Waals surface area contributed by atoms with E-state index in [0.717, 1.165) is 15.9 Å². The number of carbonyl (C=O) groups is 1. The molecule has 2 heterocycles. The van der Waals surface area contributed by atoms with Gasteiger partial charge in [0.1, 0.15) is 0 Å². The van der Waals surface area contributed by atoms with Crippen molar-refractivity contribution < 1.29 is 4.79 Å². The Labute approximate surface area is 107 Å². The number of thiazole rings is 1. The van der Waals surface area contributed by atoms with Gasteiger partial charge in [-0.05, 0) is 30.3 Å². The van der Waals surface area contributed by atoms with E-state index in [4.69, 9.17) is 0 Å². The maximum absolute atomic E-state index is 12.0. The highest BCUT2D eigenvalue weighted by Gasteiger charge is 2.07. The highest BCUT2D eigenvalue weighted by atomic mass is 32.1. The van der Waals surface area contributed by atoms with Gasteiger partial charge in [0, 0.05) is 23.6 Å². The Hall–Kier alpha value is -2.27. The number of pyridine rings is 1. The lowest BCUT2D eigenvalue weighted by atomic mass is 10.2. The predicted molar refractivity (Wildman–Crippen MR) is 71.8 cm³/mol. The molecular weight excluding hydrogens is 246 g/mol. The molecule has 4 nitrogen and oxygen atoms in total. The van der Waals surface area contributed by atoms with E-state index in [2.05, 4.69) is 15.3 Å². The van der Waals surface area contributed by atoms with Crippen molar-refractivity contribution in [3.8, 4) is 0 Å². The number of aromatic nitrogens is 2. The first kappa shape index (κ1) is 10.9.